The lowest BCUT2D eigenvalue weighted by molar-refractivity contribution is 0.849. The van der Waals surface area contributed by atoms with Crippen molar-refractivity contribution in [3.8, 4) is 6.07 Å². The van der Waals surface area contributed by atoms with Gasteiger partial charge in [-0.3, -0.25) is 0 Å². The van der Waals surface area contributed by atoms with Gasteiger partial charge < -0.3 is 6.15 Å². The van der Waals surface area contributed by atoms with Crippen LogP contribution in [0.4, 0.5) is 0 Å². The Hall–Kier alpha value is -0.550. The molecule has 0 bridgehead atoms. The predicted octanol–water partition coefficient (Wildman–Crippen LogP) is 1.33. The highest BCUT2D eigenvalue weighted by atomic mass is 14.2. The summed E-state index contributed by atoms with van der Waals surface area (Å²) in [6.07, 6.45) is 0. The summed E-state index contributed by atoms with van der Waals surface area (Å²) in [5, 5.41) is 7.89. The molecular formula is C4H10N2. The largest absolute Gasteiger partial charge is 0.344 e. The average Bonchev–Trinajstić information content (AvgIpc) is 1.38. The first kappa shape index (κ1) is 9.07. The molecule has 0 aromatic heterocycles. The number of rotatable bonds is 0. The molecule has 0 aliphatic carbocycles. The van der Waals surface area contributed by atoms with Gasteiger partial charge in [-0.25, -0.2) is 0 Å². The maximum absolute atomic E-state index is 7.89. The van der Waals surface area contributed by atoms with Gasteiger partial charge in [-0.2, -0.15) is 5.26 Å². The summed E-state index contributed by atoms with van der Waals surface area (Å²) in [6, 6.07) is 2.03. The van der Waals surface area contributed by atoms with Crippen molar-refractivity contribution in [2.24, 2.45) is 5.92 Å². The second-order valence-electron chi connectivity index (χ2n) is 1.28. The van der Waals surface area contributed by atoms with Gasteiger partial charge in [0.25, 0.3) is 0 Å². The molecule has 0 heterocycles. The predicted molar refractivity (Wildman–Crippen MR) is 25.5 cm³/mol. The minimum Gasteiger partial charge on any atom is -0.344 e. The molecule has 0 spiro atoms. The van der Waals surface area contributed by atoms with E-state index in [0.29, 0.717) is 0 Å². The maximum atomic E-state index is 7.89. The molecule has 0 amide bonds. The number of hydrogen-bond donors (Lipinski definition) is 1. The summed E-state index contributed by atoms with van der Waals surface area (Å²) in [5.41, 5.74) is 0. The van der Waals surface area contributed by atoms with E-state index < -0.39 is 0 Å². The summed E-state index contributed by atoms with van der Waals surface area (Å²) < 4.78 is 0. The quantitative estimate of drug-likeness (QED) is 0.483. The molecule has 0 aromatic carbocycles. The highest BCUT2D eigenvalue weighted by Crippen LogP contribution is 1.81. The van der Waals surface area contributed by atoms with Crippen molar-refractivity contribution in [3.63, 3.8) is 0 Å². The van der Waals surface area contributed by atoms with Crippen molar-refractivity contribution < 1.29 is 0 Å². The lowest BCUT2D eigenvalue weighted by atomic mass is 10.3. The van der Waals surface area contributed by atoms with E-state index in [9.17, 15) is 0 Å². The van der Waals surface area contributed by atoms with Crippen LogP contribution in [0, 0.1) is 17.2 Å². The molecule has 0 atom stereocenters. The van der Waals surface area contributed by atoms with E-state index in [2.05, 4.69) is 0 Å². The zero-order chi connectivity index (χ0) is 4.28. The van der Waals surface area contributed by atoms with E-state index in [-0.39, 0.29) is 12.1 Å². The van der Waals surface area contributed by atoms with Gasteiger partial charge in [-0.15, -0.1) is 0 Å². The van der Waals surface area contributed by atoms with E-state index >= 15 is 0 Å². The van der Waals surface area contributed by atoms with Crippen molar-refractivity contribution in [2.75, 3.05) is 0 Å². The molecular weight excluding hydrogens is 76.1 g/mol. The fourth-order valence-electron chi connectivity index (χ4n) is 0. The summed E-state index contributed by atoms with van der Waals surface area (Å²) in [7, 11) is 0. The first-order valence-electron chi connectivity index (χ1n) is 1.67. The molecule has 36 valence electrons. The van der Waals surface area contributed by atoms with Gasteiger partial charge in [0.15, 0.2) is 0 Å². The van der Waals surface area contributed by atoms with E-state index in [1.54, 1.807) is 0 Å². The van der Waals surface area contributed by atoms with Gasteiger partial charge in [0.2, 0.25) is 0 Å². The van der Waals surface area contributed by atoms with Gasteiger partial charge in [-0.05, 0) is 13.8 Å². The number of nitrogens with zero attached hydrogens (tertiary/aromatic N) is 1. The Kier molecular flexibility index (Phi) is 6.72. The molecule has 3 N–H and O–H groups in total. The second kappa shape index (κ2) is 4.45. The first-order valence-corrected chi connectivity index (χ1v) is 1.67. The minimum absolute atomic E-state index is 0. The van der Waals surface area contributed by atoms with Crippen molar-refractivity contribution >= 4 is 0 Å². The molecule has 0 saturated heterocycles. The Morgan fingerprint density at radius 2 is 1.67 bits per heavy atom. The third-order valence-electron chi connectivity index (χ3n) is 0.258. The highest BCUT2D eigenvalue weighted by Gasteiger charge is 1.78. The van der Waals surface area contributed by atoms with E-state index in [1.807, 2.05) is 19.9 Å². The zero-order valence-corrected chi connectivity index (χ0v) is 4.23. The van der Waals surface area contributed by atoms with Crippen molar-refractivity contribution in [2.45, 2.75) is 13.8 Å². The molecule has 0 aromatic rings. The van der Waals surface area contributed by atoms with Crippen LogP contribution in [-0.2, 0) is 0 Å². The summed E-state index contributed by atoms with van der Waals surface area (Å²) >= 11 is 0. The monoisotopic (exact) mass is 86.1 g/mol. The fraction of sp³-hybridized carbons (Fsp3) is 0.750. The number of nitriles is 1. The maximum Gasteiger partial charge on any atom is 0.0649 e. The summed E-state index contributed by atoms with van der Waals surface area (Å²) in [5.74, 6) is 0.190. The Labute approximate surface area is 38.4 Å². The Bertz CT molecular complexity index is 51.1. The molecule has 6 heavy (non-hydrogen) atoms. The molecule has 0 aliphatic rings. The van der Waals surface area contributed by atoms with Crippen LogP contribution in [0.3, 0.4) is 0 Å². The topological polar surface area (TPSA) is 58.8 Å². The lowest BCUT2D eigenvalue weighted by Crippen LogP contribution is -1.72. The second-order valence-corrected chi connectivity index (χ2v) is 1.28. The van der Waals surface area contributed by atoms with Crippen LogP contribution in [-0.4, -0.2) is 0 Å². The van der Waals surface area contributed by atoms with Gasteiger partial charge in [-0.1, -0.05) is 0 Å². The van der Waals surface area contributed by atoms with Crippen LogP contribution in [0.5, 0.6) is 0 Å². The smallest absolute Gasteiger partial charge is 0.0649 e. The third kappa shape index (κ3) is 9.85. The SMILES string of the molecule is CC(C)C#N.N. The van der Waals surface area contributed by atoms with E-state index in [4.69, 9.17) is 5.26 Å². The van der Waals surface area contributed by atoms with Gasteiger partial charge in [0, 0.05) is 5.92 Å². The van der Waals surface area contributed by atoms with E-state index in [0.717, 1.165) is 0 Å². The van der Waals surface area contributed by atoms with Crippen LogP contribution in [0.25, 0.3) is 0 Å². The molecule has 0 radical (unpaired) electrons. The third-order valence-corrected chi connectivity index (χ3v) is 0.258. The van der Waals surface area contributed by atoms with Crippen LogP contribution in [0.2, 0.25) is 0 Å². The Morgan fingerprint density at radius 1 is 1.50 bits per heavy atom. The average molecular weight is 86.1 g/mol. The Balaban J connectivity index is 0. The first-order chi connectivity index (χ1) is 2.27. The molecule has 0 aliphatic heterocycles. The number of hydrogen-bond acceptors (Lipinski definition) is 2. The van der Waals surface area contributed by atoms with Crippen molar-refractivity contribution in [1.82, 2.24) is 6.15 Å². The molecule has 0 unspecified atom stereocenters. The standard InChI is InChI=1S/C4H7N.H3N/c1-4(2)3-5;/h4H,1-2H3;1H3. The van der Waals surface area contributed by atoms with Crippen molar-refractivity contribution in [1.29, 1.82) is 5.26 Å². The van der Waals surface area contributed by atoms with Crippen LogP contribution < -0.4 is 6.15 Å². The molecule has 2 heteroatoms. The summed E-state index contributed by atoms with van der Waals surface area (Å²) in [6.45, 7) is 3.72. The molecule has 0 rings (SSSR count). The van der Waals surface area contributed by atoms with Crippen molar-refractivity contribution in [3.05, 3.63) is 0 Å². The highest BCUT2D eigenvalue weighted by molar-refractivity contribution is 4.72. The van der Waals surface area contributed by atoms with Crippen LogP contribution >= 0.6 is 0 Å². The van der Waals surface area contributed by atoms with E-state index in [1.165, 1.54) is 0 Å². The fourth-order valence-corrected chi connectivity index (χ4v) is 0. The summed E-state index contributed by atoms with van der Waals surface area (Å²) in [4.78, 5) is 0. The van der Waals surface area contributed by atoms with Gasteiger partial charge in [0.1, 0.15) is 0 Å². The normalized spacial score (nSPS) is 6.33. The Morgan fingerprint density at radius 3 is 1.67 bits per heavy atom. The van der Waals surface area contributed by atoms with Crippen LogP contribution in [0.1, 0.15) is 13.8 Å². The molecule has 0 fully saturated rings. The van der Waals surface area contributed by atoms with Gasteiger partial charge >= 0.3 is 0 Å². The molecule has 0 saturated carbocycles. The molecule has 2 nitrogen and oxygen atoms in total. The lowest BCUT2D eigenvalue weighted by Gasteiger charge is -1.75. The zero-order valence-electron chi connectivity index (χ0n) is 4.23. The van der Waals surface area contributed by atoms with Crippen LogP contribution in [0.15, 0.2) is 0 Å². The van der Waals surface area contributed by atoms with Gasteiger partial charge in [0.05, 0.1) is 6.07 Å². The minimum atomic E-state index is 0.